The maximum absolute atomic E-state index is 5.90. The van der Waals surface area contributed by atoms with Crippen molar-refractivity contribution in [2.75, 3.05) is 0 Å². The van der Waals surface area contributed by atoms with Gasteiger partial charge in [0.1, 0.15) is 0 Å². The highest BCUT2D eigenvalue weighted by Gasteiger charge is 2.49. The molecular weight excluding hydrogens is 222 g/mol. The van der Waals surface area contributed by atoms with Crippen LogP contribution in [0.25, 0.3) is 0 Å². The van der Waals surface area contributed by atoms with Gasteiger partial charge >= 0.3 is 0 Å². The molecule has 0 spiro atoms. The molecule has 4 fully saturated rings. The molecule has 0 radical (unpaired) electrons. The Hall–Kier alpha value is -0.830. The van der Waals surface area contributed by atoms with E-state index in [1.807, 2.05) is 11.7 Å². The van der Waals surface area contributed by atoms with Crippen LogP contribution >= 0.6 is 0 Å². The molecule has 1 aromatic rings. The number of hydrogen-bond acceptors (Lipinski definition) is 2. The molecule has 0 amide bonds. The molecule has 5 rings (SSSR count). The minimum atomic E-state index is 0.645. The Kier molecular flexibility index (Phi) is 2.35. The molecule has 98 valence electrons. The van der Waals surface area contributed by atoms with Crippen LogP contribution in [0.2, 0.25) is 0 Å². The minimum absolute atomic E-state index is 0.645. The molecule has 0 saturated heterocycles. The fraction of sp³-hybridized carbons (Fsp3) is 0.800. The summed E-state index contributed by atoms with van der Waals surface area (Å²) in [7, 11) is 2.03. The van der Waals surface area contributed by atoms with E-state index in [1.54, 1.807) is 0 Å². The van der Waals surface area contributed by atoms with E-state index in [4.69, 9.17) is 10.8 Å². The molecule has 2 N–H and O–H groups in total. The third kappa shape index (κ3) is 1.49. The van der Waals surface area contributed by atoms with Crippen LogP contribution in [0.5, 0.6) is 0 Å². The van der Waals surface area contributed by atoms with Crippen molar-refractivity contribution in [1.82, 2.24) is 9.78 Å². The van der Waals surface area contributed by atoms with Crippen LogP contribution < -0.4 is 5.73 Å². The normalized spacial score (nSPS) is 41.6. The Morgan fingerprint density at radius 2 is 1.78 bits per heavy atom. The lowest BCUT2D eigenvalue weighted by molar-refractivity contribution is -0.00457. The standard InChI is InChI=1S/C15H23N3/c1-18-8-13(7-16)15(17-18)14-11-3-9-2-10(5-11)6-12(14)4-9/h8-12,14H,2-7,16H2,1H3. The fourth-order valence-corrected chi connectivity index (χ4v) is 5.36. The van der Waals surface area contributed by atoms with Crippen LogP contribution in [0.15, 0.2) is 6.20 Å². The summed E-state index contributed by atoms with van der Waals surface area (Å²) in [4.78, 5) is 0. The lowest BCUT2D eigenvalue weighted by Gasteiger charge is -2.54. The number of nitrogens with zero attached hydrogens (tertiary/aromatic N) is 2. The summed E-state index contributed by atoms with van der Waals surface area (Å²) in [5, 5.41) is 4.76. The van der Waals surface area contributed by atoms with E-state index in [2.05, 4.69) is 6.20 Å². The Balaban J connectivity index is 1.72. The van der Waals surface area contributed by atoms with Gasteiger partial charge in [-0.05, 0) is 55.8 Å². The average Bonchev–Trinajstić information content (AvgIpc) is 2.69. The molecule has 4 aliphatic carbocycles. The number of rotatable bonds is 2. The van der Waals surface area contributed by atoms with E-state index < -0.39 is 0 Å². The van der Waals surface area contributed by atoms with Gasteiger partial charge in [0, 0.05) is 31.3 Å². The van der Waals surface area contributed by atoms with Crippen LogP contribution in [0.3, 0.4) is 0 Å². The van der Waals surface area contributed by atoms with Gasteiger partial charge in [0.15, 0.2) is 0 Å². The summed E-state index contributed by atoms with van der Waals surface area (Å²) in [6.45, 7) is 0.645. The smallest absolute Gasteiger partial charge is 0.0705 e. The first kappa shape index (κ1) is 11.0. The number of aromatic nitrogens is 2. The number of aryl methyl sites for hydroxylation is 1. The zero-order valence-electron chi connectivity index (χ0n) is 11.2. The van der Waals surface area contributed by atoms with Gasteiger partial charge in [-0.1, -0.05) is 0 Å². The molecule has 3 nitrogen and oxygen atoms in total. The van der Waals surface area contributed by atoms with Gasteiger partial charge < -0.3 is 5.73 Å². The molecule has 1 aromatic heterocycles. The van der Waals surface area contributed by atoms with E-state index in [9.17, 15) is 0 Å². The van der Waals surface area contributed by atoms with Crippen LogP contribution in [-0.2, 0) is 13.6 Å². The van der Waals surface area contributed by atoms with Gasteiger partial charge in [0.05, 0.1) is 5.69 Å². The second kappa shape index (κ2) is 3.83. The van der Waals surface area contributed by atoms with Crippen molar-refractivity contribution in [3.63, 3.8) is 0 Å². The summed E-state index contributed by atoms with van der Waals surface area (Å²) in [5.74, 6) is 4.60. The van der Waals surface area contributed by atoms with Crippen molar-refractivity contribution in [3.8, 4) is 0 Å². The molecule has 0 atom stereocenters. The molecule has 4 saturated carbocycles. The summed E-state index contributed by atoms with van der Waals surface area (Å²) < 4.78 is 1.96. The van der Waals surface area contributed by atoms with Gasteiger partial charge in [0.2, 0.25) is 0 Å². The van der Waals surface area contributed by atoms with Gasteiger partial charge in [-0.25, -0.2) is 0 Å². The quantitative estimate of drug-likeness (QED) is 0.869. The highest BCUT2D eigenvalue weighted by molar-refractivity contribution is 5.25. The van der Waals surface area contributed by atoms with Crippen molar-refractivity contribution in [2.45, 2.75) is 44.6 Å². The van der Waals surface area contributed by atoms with Crippen molar-refractivity contribution < 1.29 is 0 Å². The topological polar surface area (TPSA) is 43.8 Å². The number of hydrogen-bond donors (Lipinski definition) is 1. The molecule has 0 unspecified atom stereocenters. The maximum Gasteiger partial charge on any atom is 0.0705 e. The van der Waals surface area contributed by atoms with Crippen molar-refractivity contribution in [2.24, 2.45) is 36.5 Å². The summed E-state index contributed by atoms with van der Waals surface area (Å²) in [6, 6.07) is 0. The molecule has 0 aromatic carbocycles. The van der Waals surface area contributed by atoms with E-state index >= 15 is 0 Å². The highest BCUT2D eigenvalue weighted by Crippen LogP contribution is 2.59. The van der Waals surface area contributed by atoms with Crippen molar-refractivity contribution >= 4 is 0 Å². The Labute approximate surface area is 109 Å². The van der Waals surface area contributed by atoms with E-state index in [0.29, 0.717) is 6.54 Å². The molecule has 3 heteroatoms. The zero-order valence-corrected chi connectivity index (χ0v) is 11.2. The predicted molar refractivity (Wildman–Crippen MR) is 70.9 cm³/mol. The minimum Gasteiger partial charge on any atom is -0.326 e. The first-order valence-corrected chi connectivity index (χ1v) is 7.47. The summed E-state index contributed by atoms with van der Waals surface area (Å²) in [5.41, 5.74) is 8.53. The van der Waals surface area contributed by atoms with Gasteiger partial charge in [-0.3, -0.25) is 4.68 Å². The lowest BCUT2D eigenvalue weighted by Crippen LogP contribution is -2.44. The molecular formula is C15H23N3. The fourth-order valence-electron chi connectivity index (χ4n) is 5.36. The first-order valence-electron chi connectivity index (χ1n) is 7.47. The zero-order chi connectivity index (χ0) is 12.3. The summed E-state index contributed by atoms with van der Waals surface area (Å²) >= 11 is 0. The SMILES string of the molecule is Cn1cc(CN)c(C2C3CC4CC(C3)CC2C4)n1. The van der Waals surface area contributed by atoms with E-state index in [-0.39, 0.29) is 0 Å². The molecule has 4 aliphatic rings. The molecule has 4 bridgehead atoms. The Morgan fingerprint density at radius 1 is 1.17 bits per heavy atom. The average molecular weight is 245 g/mol. The van der Waals surface area contributed by atoms with Crippen LogP contribution in [0.1, 0.15) is 49.3 Å². The van der Waals surface area contributed by atoms with Gasteiger partial charge in [0.25, 0.3) is 0 Å². The van der Waals surface area contributed by atoms with Crippen LogP contribution in [0.4, 0.5) is 0 Å². The third-order valence-corrected chi connectivity index (χ3v) is 5.70. The Morgan fingerprint density at radius 3 is 2.33 bits per heavy atom. The van der Waals surface area contributed by atoms with Crippen molar-refractivity contribution in [3.05, 3.63) is 17.5 Å². The predicted octanol–water partition coefficient (Wildman–Crippen LogP) is 2.42. The highest BCUT2D eigenvalue weighted by atomic mass is 15.3. The Bertz CT molecular complexity index is 434. The molecule has 1 heterocycles. The molecule has 18 heavy (non-hydrogen) atoms. The largest absolute Gasteiger partial charge is 0.326 e. The van der Waals surface area contributed by atoms with Crippen molar-refractivity contribution in [1.29, 1.82) is 0 Å². The van der Waals surface area contributed by atoms with E-state index in [0.717, 1.165) is 29.6 Å². The number of nitrogens with two attached hydrogens (primary N) is 1. The van der Waals surface area contributed by atoms with Crippen LogP contribution in [0, 0.1) is 23.7 Å². The summed E-state index contributed by atoms with van der Waals surface area (Å²) in [6.07, 6.45) is 9.47. The first-order chi connectivity index (χ1) is 8.74. The second-order valence-corrected chi connectivity index (χ2v) is 6.87. The molecule has 0 aliphatic heterocycles. The van der Waals surface area contributed by atoms with E-state index in [1.165, 1.54) is 43.4 Å². The van der Waals surface area contributed by atoms with Gasteiger partial charge in [-0.2, -0.15) is 5.10 Å². The van der Waals surface area contributed by atoms with Gasteiger partial charge in [-0.15, -0.1) is 0 Å². The maximum atomic E-state index is 5.90. The second-order valence-electron chi connectivity index (χ2n) is 6.87. The lowest BCUT2D eigenvalue weighted by atomic mass is 9.51. The monoisotopic (exact) mass is 245 g/mol. The van der Waals surface area contributed by atoms with Crippen LogP contribution in [-0.4, -0.2) is 9.78 Å². The third-order valence-electron chi connectivity index (χ3n) is 5.70.